The lowest BCUT2D eigenvalue weighted by molar-refractivity contribution is -0.131. The highest BCUT2D eigenvalue weighted by atomic mass is 16.2. The molecule has 0 aromatic heterocycles. The predicted octanol–water partition coefficient (Wildman–Crippen LogP) is 1.94. The Morgan fingerprint density at radius 1 is 1.35 bits per heavy atom. The molecule has 0 aliphatic carbocycles. The molecule has 2 N–H and O–H groups in total. The van der Waals surface area contributed by atoms with Gasteiger partial charge in [0.25, 0.3) is 0 Å². The van der Waals surface area contributed by atoms with Crippen LogP contribution in [0.3, 0.4) is 0 Å². The molecule has 0 fully saturated rings. The lowest BCUT2D eigenvalue weighted by Crippen LogP contribution is -2.29. The molecule has 1 atom stereocenters. The molecule has 1 unspecified atom stereocenters. The molecule has 1 aromatic rings. The molecule has 0 aliphatic heterocycles. The number of hydrogen-bond donors (Lipinski definition) is 1. The van der Waals surface area contributed by atoms with Crippen LogP contribution in [0.5, 0.6) is 0 Å². The van der Waals surface area contributed by atoms with Crippen molar-refractivity contribution in [3.8, 4) is 0 Å². The molecule has 0 heterocycles. The van der Waals surface area contributed by atoms with E-state index in [1.165, 1.54) is 5.56 Å². The van der Waals surface area contributed by atoms with Gasteiger partial charge < -0.3 is 10.6 Å². The second-order valence-corrected chi connectivity index (χ2v) is 4.78. The minimum Gasteiger partial charge on any atom is -0.341 e. The van der Waals surface area contributed by atoms with Crippen molar-refractivity contribution in [3.05, 3.63) is 35.4 Å². The Balaban J connectivity index is 2.51. The molecule has 17 heavy (non-hydrogen) atoms. The van der Waals surface area contributed by atoms with Crippen LogP contribution in [0.2, 0.25) is 0 Å². The number of carbonyl (C=O) groups excluding carboxylic acids is 1. The molecule has 0 saturated carbocycles. The highest BCUT2D eigenvalue weighted by molar-refractivity contribution is 5.76. The van der Waals surface area contributed by atoms with Gasteiger partial charge in [-0.2, -0.15) is 0 Å². The maximum Gasteiger partial charge on any atom is 0.222 e. The molecule has 0 bridgehead atoms. The van der Waals surface area contributed by atoms with Crippen molar-refractivity contribution in [1.29, 1.82) is 0 Å². The van der Waals surface area contributed by atoms with Gasteiger partial charge in [0, 0.05) is 20.0 Å². The summed E-state index contributed by atoms with van der Waals surface area (Å²) in [5.74, 6) is 0.409. The fraction of sp³-hybridized carbons (Fsp3) is 0.500. The molecule has 0 radical (unpaired) electrons. The largest absolute Gasteiger partial charge is 0.341 e. The Kier molecular flexibility index (Phi) is 5.16. The van der Waals surface area contributed by atoms with E-state index in [1.54, 1.807) is 4.90 Å². The van der Waals surface area contributed by atoms with Gasteiger partial charge in [-0.1, -0.05) is 36.8 Å². The van der Waals surface area contributed by atoms with E-state index in [2.05, 4.69) is 31.2 Å². The Morgan fingerprint density at radius 2 is 1.94 bits per heavy atom. The van der Waals surface area contributed by atoms with Gasteiger partial charge in [0.15, 0.2) is 0 Å². The van der Waals surface area contributed by atoms with Gasteiger partial charge >= 0.3 is 0 Å². The smallest absolute Gasteiger partial charge is 0.222 e. The molecule has 94 valence electrons. The Labute approximate surface area is 104 Å². The van der Waals surface area contributed by atoms with Crippen molar-refractivity contribution in [2.24, 2.45) is 11.7 Å². The van der Waals surface area contributed by atoms with Crippen molar-refractivity contribution >= 4 is 5.91 Å². The summed E-state index contributed by atoms with van der Waals surface area (Å²) in [5.41, 5.74) is 7.91. The number of aryl methyl sites for hydroxylation is 1. The third-order valence-corrected chi connectivity index (χ3v) is 2.89. The standard InChI is InChI=1S/C14H22N2O/c1-11-4-6-13(7-5-11)10-16(3)14(17)8-12(2)9-15/h4-7,12H,8-10,15H2,1-3H3. The molecule has 1 rings (SSSR count). The van der Waals surface area contributed by atoms with E-state index in [4.69, 9.17) is 5.73 Å². The Hall–Kier alpha value is -1.35. The van der Waals surface area contributed by atoms with Crippen LogP contribution in [-0.2, 0) is 11.3 Å². The van der Waals surface area contributed by atoms with E-state index in [0.717, 1.165) is 5.56 Å². The average molecular weight is 234 g/mol. The van der Waals surface area contributed by atoms with Crippen LogP contribution >= 0.6 is 0 Å². The van der Waals surface area contributed by atoms with Crippen LogP contribution in [0.1, 0.15) is 24.5 Å². The van der Waals surface area contributed by atoms with Crippen LogP contribution in [0.4, 0.5) is 0 Å². The number of carbonyl (C=O) groups is 1. The number of benzene rings is 1. The summed E-state index contributed by atoms with van der Waals surface area (Å²) in [6.45, 7) is 5.28. The molecule has 0 spiro atoms. The number of hydrogen-bond acceptors (Lipinski definition) is 2. The maximum atomic E-state index is 11.9. The molecule has 1 aromatic carbocycles. The first kappa shape index (κ1) is 13.7. The second kappa shape index (κ2) is 6.40. The van der Waals surface area contributed by atoms with Gasteiger partial charge in [0.05, 0.1) is 0 Å². The van der Waals surface area contributed by atoms with Crippen molar-refractivity contribution in [2.45, 2.75) is 26.8 Å². The van der Waals surface area contributed by atoms with Crippen molar-refractivity contribution in [1.82, 2.24) is 4.90 Å². The second-order valence-electron chi connectivity index (χ2n) is 4.78. The monoisotopic (exact) mass is 234 g/mol. The zero-order valence-electron chi connectivity index (χ0n) is 10.9. The van der Waals surface area contributed by atoms with Gasteiger partial charge in [-0.3, -0.25) is 4.79 Å². The zero-order valence-corrected chi connectivity index (χ0v) is 10.9. The minimum absolute atomic E-state index is 0.156. The summed E-state index contributed by atoms with van der Waals surface area (Å²) in [6, 6.07) is 8.25. The molecule has 1 amide bonds. The first-order chi connectivity index (χ1) is 8.02. The number of amides is 1. The van der Waals surface area contributed by atoms with Gasteiger partial charge in [0.2, 0.25) is 5.91 Å². The van der Waals surface area contributed by atoms with Crippen LogP contribution < -0.4 is 5.73 Å². The Bertz CT molecular complexity index is 359. The van der Waals surface area contributed by atoms with E-state index in [0.29, 0.717) is 19.5 Å². The van der Waals surface area contributed by atoms with E-state index >= 15 is 0 Å². The molecule has 3 heteroatoms. The first-order valence-corrected chi connectivity index (χ1v) is 6.02. The topological polar surface area (TPSA) is 46.3 Å². The third-order valence-electron chi connectivity index (χ3n) is 2.89. The minimum atomic E-state index is 0.156. The van der Waals surface area contributed by atoms with Crippen LogP contribution in [0.15, 0.2) is 24.3 Å². The predicted molar refractivity (Wildman–Crippen MR) is 70.5 cm³/mol. The van der Waals surface area contributed by atoms with Crippen LogP contribution in [0.25, 0.3) is 0 Å². The molecule has 3 nitrogen and oxygen atoms in total. The summed E-state index contributed by atoms with van der Waals surface area (Å²) < 4.78 is 0. The van der Waals surface area contributed by atoms with E-state index in [9.17, 15) is 4.79 Å². The summed E-state index contributed by atoms with van der Waals surface area (Å²) in [4.78, 5) is 13.6. The first-order valence-electron chi connectivity index (χ1n) is 6.02. The fourth-order valence-corrected chi connectivity index (χ4v) is 1.59. The van der Waals surface area contributed by atoms with Crippen LogP contribution in [-0.4, -0.2) is 24.4 Å². The molecular weight excluding hydrogens is 212 g/mol. The summed E-state index contributed by atoms with van der Waals surface area (Å²) in [5, 5.41) is 0. The van der Waals surface area contributed by atoms with Crippen molar-refractivity contribution in [2.75, 3.05) is 13.6 Å². The van der Waals surface area contributed by atoms with Gasteiger partial charge in [-0.15, -0.1) is 0 Å². The van der Waals surface area contributed by atoms with E-state index in [-0.39, 0.29) is 11.8 Å². The zero-order chi connectivity index (χ0) is 12.8. The van der Waals surface area contributed by atoms with Crippen molar-refractivity contribution < 1.29 is 4.79 Å². The number of rotatable bonds is 5. The number of nitrogens with zero attached hydrogens (tertiary/aromatic N) is 1. The lowest BCUT2D eigenvalue weighted by atomic mass is 10.1. The SMILES string of the molecule is Cc1ccc(CN(C)C(=O)CC(C)CN)cc1. The third kappa shape index (κ3) is 4.57. The fourth-order valence-electron chi connectivity index (χ4n) is 1.59. The number of nitrogens with two attached hydrogens (primary N) is 1. The summed E-state index contributed by atoms with van der Waals surface area (Å²) in [6.07, 6.45) is 0.527. The quantitative estimate of drug-likeness (QED) is 0.846. The van der Waals surface area contributed by atoms with Crippen molar-refractivity contribution in [3.63, 3.8) is 0 Å². The highest BCUT2D eigenvalue weighted by Gasteiger charge is 2.12. The Morgan fingerprint density at radius 3 is 2.47 bits per heavy atom. The van der Waals surface area contributed by atoms with E-state index in [1.807, 2.05) is 14.0 Å². The summed E-state index contributed by atoms with van der Waals surface area (Å²) in [7, 11) is 1.84. The molecular formula is C14H22N2O. The van der Waals surface area contributed by atoms with E-state index < -0.39 is 0 Å². The van der Waals surface area contributed by atoms with Gasteiger partial charge in [-0.05, 0) is 24.9 Å². The molecule has 0 aliphatic rings. The normalized spacial score (nSPS) is 12.2. The van der Waals surface area contributed by atoms with Gasteiger partial charge in [-0.25, -0.2) is 0 Å². The van der Waals surface area contributed by atoms with Gasteiger partial charge in [0.1, 0.15) is 0 Å². The highest BCUT2D eigenvalue weighted by Crippen LogP contribution is 2.08. The van der Waals surface area contributed by atoms with Crippen LogP contribution in [0, 0.1) is 12.8 Å². The lowest BCUT2D eigenvalue weighted by Gasteiger charge is -2.19. The maximum absolute atomic E-state index is 11.9. The average Bonchev–Trinajstić information content (AvgIpc) is 2.31. The molecule has 0 saturated heterocycles. The summed E-state index contributed by atoms with van der Waals surface area (Å²) >= 11 is 0.